The number of allylic oxidation sites excluding steroid dienone is 2. The van der Waals surface area contributed by atoms with E-state index in [-0.39, 0.29) is 0 Å². The third-order valence-electron chi connectivity index (χ3n) is 1.53. The fraction of sp³-hybridized carbons (Fsp3) is 0.500. The second kappa shape index (κ2) is 30.0. The molecule has 0 saturated carbocycles. The smallest absolute Gasteiger partial charge is 0.0653 e. The molecule has 0 unspecified atom stereocenters. The van der Waals surface area contributed by atoms with E-state index in [1.165, 1.54) is 0 Å². The Kier molecular flexibility index (Phi) is 41.5. The Morgan fingerprint density at radius 1 is 0.895 bits per heavy atom. The number of rotatable bonds is 0. The Balaban J connectivity index is -0.0000000957. The van der Waals surface area contributed by atoms with E-state index in [1.807, 2.05) is 92.7 Å². The van der Waals surface area contributed by atoms with E-state index < -0.39 is 0 Å². The van der Waals surface area contributed by atoms with Crippen LogP contribution in [0.1, 0.15) is 62.3 Å². The van der Waals surface area contributed by atoms with Gasteiger partial charge in [-0.15, -0.1) is 0 Å². The zero-order valence-electron chi connectivity index (χ0n) is 14.6. The molecule has 0 bridgehead atoms. The number of nitrogens with zero attached hydrogens (tertiary/aromatic N) is 1. The number of hydrogen-bond acceptors (Lipinski definition) is 1. The van der Waals surface area contributed by atoms with Gasteiger partial charge < -0.3 is 0 Å². The summed E-state index contributed by atoms with van der Waals surface area (Å²) in [6, 6.07) is 3.83. The highest BCUT2D eigenvalue weighted by atomic mass is 14.6. The van der Waals surface area contributed by atoms with Crippen molar-refractivity contribution in [3.63, 3.8) is 0 Å². The van der Waals surface area contributed by atoms with E-state index in [4.69, 9.17) is 0 Å². The minimum Gasteiger partial charge on any atom is -0.257 e. The van der Waals surface area contributed by atoms with Crippen molar-refractivity contribution in [3.8, 4) is 0 Å². The molecule has 0 aliphatic rings. The molecule has 0 saturated heterocycles. The van der Waals surface area contributed by atoms with Gasteiger partial charge in [-0.3, -0.25) is 4.98 Å². The van der Waals surface area contributed by atoms with Gasteiger partial charge in [0.05, 0.1) is 5.35 Å². The number of aromatic nitrogens is 1. The van der Waals surface area contributed by atoms with Crippen LogP contribution in [-0.4, -0.2) is 4.98 Å². The van der Waals surface area contributed by atoms with E-state index in [0.717, 1.165) is 10.6 Å². The molecule has 0 fully saturated rings. The van der Waals surface area contributed by atoms with Crippen molar-refractivity contribution in [2.45, 2.75) is 62.3 Å². The molecule has 0 amide bonds. The van der Waals surface area contributed by atoms with Crippen LogP contribution in [0.3, 0.4) is 0 Å². The van der Waals surface area contributed by atoms with E-state index in [0.29, 0.717) is 0 Å². The van der Waals surface area contributed by atoms with Crippen molar-refractivity contribution in [1.29, 1.82) is 0 Å². The third kappa shape index (κ3) is 22.3. The summed E-state index contributed by atoms with van der Waals surface area (Å²) in [6.07, 6.45) is 7.71. The van der Waals surface area contributed by atoms with Crippen LogP contribution in [0, 0.1) is 0 Å². The first-order valence-electron chi connectivity index (χ1n) is 7.39. The lowest BCUT2D eigenvalue weighted by Gasteiger charge is -1.82. The lowest BCUT2D eigenvalue weighted by Crippen LogP contribution is -2.24. The van der Waals surface area contributed by atoms with Gasteiger partial charge in [-0.1, -0.05) is 72.4 Å². The molecular weight excluding hydrogens is 230 g/mol. The first-order chi connectivity index (χ1) is 9.26. The van der Waals surface area contributed by atoms with Crippen LogP contribution in [0.25, 0.3) is 12.7 Å². The summed E-state index contributed by atoms with van der Waals surface area (Å²) in [4.78, 5) is 4.08. The summed E-state index contributed by atoms with van der Waals surface area (Å²) in [5, 5.41) is 1.96. The van der Waals surface area contributed by atoms with Crippen molar-refractivity contribution >= 4 is 12.7 Å². The van der Waals surface area contributed by atoms with Crippen molar-refractivity contribution in [1.82, 2.24) is 4.98 Å². The predicted octanol–water partition coefficient (Wildman–Crippen LogP) is 4.95. The number of hydrogen-bond donors (Lipinski definition) is 0. The maximum Gasteiger partial charge on any atom is 0.0653 e. The van der Waals surface area contributed by atoms with Crippen LogP contribution in [0.2, 0.25) is 0 Å². The molecule has 112 valence electrons. The molecule has 0 aromatic carbocycles. The Morgan fingerprint density at radius 3 is 1.53 bits per heavy atom. The van der Waals surface area contributed by atoms with Crippen LogP contribution in [0.5, 0.6) is 0 Å². The lowest BCUT2D eigenvalue weighted by atomic mass is 10.3. The topological polar surface area (TPSA) is 12.9 Å². The Bertz CT molecular complexity index is 346. The number of pyridine rings is 1. The zero-order chi connectivity index (χ0) is 16.1. The standard InChI is InChI=1S/C8H9N.C4H8.3C2H6/c1-3-8-7(2)5-4-6-9-8;1-3-4-2;3*1-2/h3-6H,2H2,1H3;3-4H,1-2H3;3*1-2H3/b8-3+;4-3-;;;. The third-order valence-corrected chi connectivity index (χ3v) is 1.53. The highest BCUT2D eigenvalue weighted by Gasteiger charge is 1.75. The Hall–Kier alpha value is -1.37. The SMILES string of the molecule is C/C=C\C.C=c1cccn/c1=C/C.CC.CC.CC. The highest BCUT2D eigenvalue weighted by molar-refractivity contribution is 5.18. The molecule has 19 heavy (non-hydrogen) atoms. The predicted molar refractivity (Wildman–Crippen MR) is 93.7 cm³/mol. The minimum atomic E-state index is 0.970. The minimum absolute atomic E-state index is 0.970. The average Bonchev–Trinajstić information content (AvgIpc) is 2.54. The monoisotopic (exact) mass is 265 g/mol. The summed E-state index contributed by atoms with van der Waals surface area (Å²) in [7, 11) is 0. The van der Waals surface area contributed by atoms with Gasteiger partial charge in [-0.05, 0) is 32.1 Å². The van der Waals surface area contributed by atoms with E-state index in [9.17, 15) is 0 Å². The molecule has 1 aromatic heterocycles. The lowest BCUT2D eigenvalue weighted by molar-refractivity contribution is 1.22. The van der Waals surface area contributed by atoms with Gasteiger partial charge >= 0.3 is 0 Å². The summed E-state index contributed by atoms with van der Waals surface area (Å²) >= 11 is 0. The van der Waals surface area contributed by atoms with Gasteiger partial charge in [0.1, 0.15) is 0 Å². The molecule has 1 aromatic rings. The van der Waals surface area contributed by atoms with Crippen LogP contribution in [0.15, 0.2) is 30.5 Å². The normalized spacial score (nSPS) is 8.58. The second-order valence-electron chi connectivity index (χ2n) is 2.50. The van der Waals surface area contributed by atoms with Crippen molar-refractivity contribution in [2.75, 3.05) is 0 Å². The van der Waals surface area contributed by atoms with Crippen LogP contribution in [0.4, 0.5) is 0 Å². The maximum absolute atomic E-state index is 4.08. The van der Waals surface area contributed by atoms with Crippen molar-refractivity contribution in [3.05, 3.63) is 41.0 Å². The first kappa shape index (κ1) is 26.2. The first-order valence-corrected chi connectivity index (χ1v) is 7.39. The van der Waals surface area contributed by atoms with Gasteiger partial charge in [-0.2, -0.15) is 0 Å². The van der Waals surface area contributed by atoms with Gasteiger partial charge in [-0.25, -0.2) is 0 Å². The second-order valence-corrected chi connectivity index (χ2v) is 2.50. The maximum atomic E-state index is 4.08. The molecule has 0 radical (unpaired) electrons. The molecule has 0 aliphatic carbocycles. The molecule has 0 N–H and O–H groups in total. The summed E-state index contributed by atoms with van der Waals surface area (Å²) in [6.45, 7) is 21.8. The van der Waals surface area contributed by atoms with E-state index in [2.05, 4.69) is 11.6 Å². The van der Waals surface area contributed by atoms with E-state index >= 15 is 0 Å². The van der Waals surface area contributed by atoms with Crippen LogP contribution in [-0.2, 0) is 0 Å². The largest absolute Gasteiger partial charge is 0.257 e. The van der Waals surface area contributed by atoms with Gasteiger partial charge in [0.2, 0.25) is 0 Å². The fourth-order valence-electron chi connectivity index (χ4n) is 0.711. The van der Waals surface area contributed by atoms with Crippen molar-refractivity contribution < 1.29 is 0 Å². The van der Waals surface area contributed by atoms with E-state index in [1.54, 1.807) is 6.20 Å². The molecule has 1 rings (SSSR count). The fourth-order valence-corrected chi connectivity index (χ4v) is 0.711. The van der Waals surface area contributed by atoms with Gasteiger partial charge in [0.25, 0.3) is 0 Å². The van der Waals surface area contributed by atoms with Crippen LogP contribution < -0.4 is 10.6 Å². The summed E-state index contributed by atoms with van der Waals surface area (Å²) in [5.74, 6) is 0. The van der Waals surface area contributed by atoms with Crippen LogP contribution >= 0.6 is 0 Å². The summed E-state index contributed by atoms with van der Waals surface area (Å²) < 4.78 is 0. The highest BCUT2D eigenvalue weighted by Crippen LogP contribution is 1.62. The Labute approximate surface area is 121 Å². The Morgan fingerprint density at radius 2 is 1.32 bits per heavy atom. The zero-order valence-corrected chi connectivity index (χ0v) is 14.6. The summed E-state index contributed by atoms with van der Waals surface area (Å²) in [5.41, 5.74) is 0. The molecule has 1 heterocycles. The van der Waals surface area contributed by atoms with Gasteiger partial charge in [0, 0.05) is 6.20 Å². The average molecular weight is 265 g/mol. The quantitative estimate of drug-likeness (QED) is 0.605. The molecule has 1 nitrogen and oxygen atoms in total. The molecule has 0 spiro atoms. The van der Waals surface area contributed by atoms with Gasteiger partial charge in [0.15, 0.2) is 0 Å². The molecule has 0 aliphatic heterocycles. The molecule has 1 heteroatoms. The molecular formula is C18H35N. The van der Waals surface area contributed by atoms with Crippen molar-refractivity contribution in [2.24, 2.45) is 0 Å². The molecule has 0 atom stereocenters.